The highest BCUT2D eigenvalue weighted by atomic mass is 16.3. The number of likely N-dealkylation sites (tertiary alicyclic amines) is 1. The molecular weight excluding hydrogens is 350 g/mol. The van der Waals surface area contributed by atoms with E-state index in [2.05, 4.69) is 41.7 Å². The van der Waals surface area contributed by atoms with Crippen LogP contribution in [-0.2, 0) is 0 Å². The van der Waals surface area contributed by atoms with E-state index in [1.165, 1.54) is 24.0 Å². The molecule has 2 aliphatic carbocycles. The standard InChI is InChI=1S/C23H29N3O2/c24-14-20-22(18-12-10-17(11-13-18)16-6-2-1-3-7-16)21(15-27)26(20)23(28)25-19-8-4-5-9-19/h6,10-13,19-22,27H,1-5,7-9,15H2,(H,25,28)/t20-,21+,22+/m0/s1. The molecule has 2 N–H and O–H groups in total. The van der Waals surface area contributed by atoms with E-state index in [0.29, 0.717) is 0 Å². The van der Waals surface area contributed by atoms with Crippen molar-refractivity contribution in [3.8, 4) is 6.07 Å². The van der Waals surface area contributed by atoms with Crippen molar-refractivity contribution in [3.05, 3.63) is 41.5 Å². The third-order valence-electron chi connectivity index (χ3n) is 6.61. The largest absolute Gasteiger partial charge is 0.394 e. The molecule has 2 amide bonds. The van der Waals surface area contributed by atoms with Crippen LogP contribution in [0, 0.1) is 11.3 Å². The molecule has 2 fully saturated rings. The van der Waals surface area contributed by atoms with Crippen LogP contribution in [0.4, 0.5) is 4.79 Å². The summed E-state index contributed by atoms with van der Waals surface area (Å²) in [7, 11) is 0. The molecular formula is C23H29N3O2. The lowest BCUT2D eigenvalue weighted by Crippen LogP contribution is -2.67. The number of aliphatic hydroxyl groups excluding tert-OH is 1. The number of amides is 2. The van der Waals surface area contributed by atoms with Crippen molar-refractivity contribution in [3.63, 3.8) is 0 Å². The molecule has 3 atom stereocenters. The highest BCUT2D eigenvalue weighted by molar-refractivity contribution is 5.78. The second-order valence-electron chi connectivity index (χ2n) is 8.28. The lowest BCUT2D eigenvalue weighted by molar-refractivity contribution is 0.0158. The van der Waals surface area contributed by atoms with Crippen LogP contribution in [0.2, 0.25) is 0 Å². The van der Waals surface area contributed by atoms with Gasteiger partial charge in [0.2, 0.25) is 0 Å². The topological polar surface area (TPSA) is 76.4 Å². The second kappa shape index (κ2) is 8.36. The van der Waals surface area contributed by atoms with E-state index in [-0.39, 0.29) is 30.6 Å². The summed E-state index contributed by atoms with van der Waals surface area (Å²) in [5, 5.41) is 22.7. The molecule has 1 aromatic rings. The van der Waals surface area contributed by atoms with Crippen LogP contribution in [0.25, 0.3) is 5.57 Å². The molecule has 0 bridgehead atoms. The van der Waals surface area contributed by atoms with Crippen molar-refractivity contribution < 1.29 is 9.90 Å². The number of hydrogen-bond acceptors (Lipinski definition) is 3. The average molecular weight is 380 g/mol. The molecule has 148 valence electrons. The fourth-order valence-electron chi connectivity index (χ4n) is 5.03. The molecule has 0 aromatic heterocycles. The van der Waals surface area contributed by atoms with Crippen molar-refractivity contribution >= 4 is 11.6 Å². The molecule has 3 aliphatic rings. The minimum Gasteiger partial charge on any atom is -0.394 e. The minimum atomic E-state index is -0.529. The van der Waals surface area contributed by atoms with Gasteiger partial charge in [0.1, 0.15) is 6.04 Å². The van der Waals surface area contributed by atoms with Gasteiger partial charge in [0.15, 0.2) is 0 Å². The van der Waals surface area contributed by atoms with E-state index in [1.54, 1.807) is 4.90 Å². The zero-order valence-corrected chi connectivity index (χ0v) is 16.3. The third kappa shape index (κ3) is 3.54. The van der Waals surface area contributed by atoms with Crippen molar-refractivity contribution in [2.24, 2.45) is 0 Å². The summed E-state index contributed by atoms with van der Waals surface area (Å²) in [5.74, 6) is -0.140. The normalized spacial score (nSPS) is 27.6. The SMILES string of the molecule is N#C[C@H]1[C@@H](c2ccc(C3=CCCCC3)cc2)[C@@H](CO)N1C(=O)NC1CCCC1. The van der Waals surface area contributed by atoms with Crippen molar-refractivity contribution in [2.45, 2.75) is 75.4 Å². The van der Waals surface area contributed by atoms with Crippen molar-refractivity contribution in [1.82, 2.24) is 10.2 Å². The fourth-order valence-corrected chi connectivity index (χ4v) is 5.03. The Hall–Kier alpha value is -2.32. The Morgan fingerprint density at radius 2 is 1.93 bits per heavy atom. The Morgan fingerprint density at radius 1 is 1.18 bits per heavy atom. The molecule has 28 heavy (non-hydrogen) atoms. The Morgan fingerprint density at radius 3 is 2.54 bits per heavy atom. The number of benzene rings is 1. The average Bonchev–Trinajstić information content (AvgIpc) is 3.22. The maximum Gasteiger partial charge on any atom is 0.319 e. The number of nitrogens with one attached hydrogen (secondary N) is 1. The van der Waals surface area contributed by atoms with Gasteiger partial charge in [-0.1, -0.05) is 43.2 Å². The van der Waals surface area contributed by atoms with Gasteiger partial charge >= 0.3 is 6.03 Å². The first-order chi connectivity index (χ1) is 13.7. The number of hydrogen-bond donors (Lipinski definition) is 2. The summed E-state index contributed by atoms with van der Waals surface area (Å²) in [6, 6.07) is 9.78. The van der Waals surface area contributed by atoms with Gasteiger partial charge in [0.25, 0.3) is 0 Å². The summed E-state index contributed by atoms with van der Waals surface area (Å²) >= 11 is 0. The first-order valence-electron chi connectivity index (χ1n) is 10.6. The van der Waals surface area contributed by atoms with E-state index < -0.39 is 6.04 Å². The van der Waals surface area contributed by atoms with E-state index in [0.717, 1.165) is 44.1 Å². The smallest absolute Gasteiger partial charge is 0.319 e. The summed E-state index contributed by atoms with van der Waals surface area (Å²) < 4.78 is 0. The Labute approximate surface area is 167 Å². The number of rotatable bonds is 4. The monoisotopic (exact) mass is 379 g/mol. The number of urea groups is 1. The number of carbonyl (C=O) groups excluding carboxylic acids is 1. The zero-order chi connectivity index (χ0) is 19.5. The molecule has 1 saturated carbocycles. The van der Waals surface area contributed by atoms with Crippen LogP contribution in [0.15, 0.2) is 30.3 Å². The van der Waals surface area contributed by atoms with Crippen LogP contribution in [0.5, 0.6) is 0 Å². The Bertz CT molecular complexity index is 774. The molecule has 5 heteroatoms. The number of nitrogens with zero attached hydrogens (tertiary/aromatic N) is 2. The molecule has 1 aliphatic heterocycles. The lowest BCUT2D eigenvalue weighted by atomic mass is 9.75. The highest BCUT2D eigenvalue weighted by Crippen LogP contribution is 2.41. The quantitative estimate of drug-likeness (QED) is 0.832. The van der Waals surface area contributed by atoms with Crippen molar-refractivity contribution in [1.29, 1.82) is 5.26 Å². The minimum absolute atomic E-state index is 0.131. The predicted molar refractivity (Wildman–Crippen MR) is 109 cm³/mol. The summed E-state index contributed by atoms with van der Waals surface area (Å²) in [4.78, 5) is 14.2. The Balaban J connectivity index is 1.48. The maximum atomic E-state index is 12.7. The van der Waals surface area contributed by atoms with E-state index in [1.807, 2.05) is 0 Å². The third-order valence-corrected chi connectivity index (χ3v) is 6.61. The number of carbonyl (C=O) groups is 1. The van der Waals surface area contributed by atoms with Crippen LogP contribution in [0.1, 0.15) is 68.4 Å². The maximum absolute atomic E-state index is 12.7. The molecule has 0 unspecified atom stereocenters. The predicted octanol–water partition coefficient (Wildman–Crippen LogP) is 3.95. The van der Waals surface area contributed by atoms with Crippen LogP contribution in [0.3, 0.4) is 0 Å². The number of allylic oxidation sites excluding steroid dienone is 2. The zero-order valence-electron chi connectivity index (χ0n) is 16.3. The molecule has 1 heterocycles. The van der Waals surface area contributed by atoms with Gasteiger partial charge in [-0.25, -0.2) is 4.79 Å². The number of nitriles is 1. The summed E-state index contributed by atoms with van der Waals surface area (Å²) in [6.07, 6.45) is 11.4. The molecule has 0 radical (unpaired) electrons. The second-order valence-corrected chi connectivity index (χ2v) is 8.28. The van der Waals surface area contributed by atoms with Gasteiger partial charge in [0.05, 0.1) is 18.7 Å². The summed E-state index contributed by atoms with van der Waals surface area (Å²) in [6.45, 7) is -0.131. The molecule has 1 aromatic carbocycles. The Kier molecular flexibility index (Phi) is 5.68. The molecule has 5 nitrogen and oxygen atoms in total. The van der Waals surface area contributed by atoms with Crippen LogP contribution >= 0.6 is 0 Å². The summed E-state index contributed by atoms with van der Waals surface area (Å²) in [5.41, 5.74) is 3.67. The van der Waals surface area contributed by atoms with Crippen molar-refractivity contribution in [2.75, 3.05) is 6.61 Å². The van der Waals surface area contributed by atoms with E-state index >= 15 is 0 Å². The van der Waals surface area contributed by atoms with Gasteiger partial charge in [-0.3, -0.25) is 0 Å². The van der Waals surface area contributed by atoms with Crippen LogP contribution < -0.4 is 5.32 Å². The first kappa shape index (κ1) is 19.0. The molecule has 1 saturated heterocycles. The van der Waals surface area contributed by atoms with Gasteiger partial charge < -0.3 is 15.3 Å². The molecule has 0 spiro atoms. The van der Waals surface area contributed by atoms with Gasteiger partial charge in [-0.15, -0.1) is 0 Å². The van der Waals surface area contributed by atoms with Crippen LogP contribution in [-0.4, -0.2) is 40.8 Å². The molecule has 4 rings (SSSR count). The first-order valence-corrected chi connectivity index (χ1v) is 10.6. The van der Waals surface area contributed by atoms with Gasteiger partial charge in [-0.2, -0.15) is 5.26 Å². The highest BCUT2D eigenvalue weighted by Gasteiger charge is 2.52. The van der Waals surface area contributed by atoms with E-state index in [4.69, 9.17) is 0 Å². The lowest BCUT2D eigenvalue weighted by Gasteiger charge is -2.51. The van der Waals surface area contributed by atoms with Gasteiger partial charge in [0, 0.05) is 12.0 Å². The fraction of sp³-hybridized carbons (Fsp3) is 0.565. The number of aliphatic hydroxyl groups is 1. The van der Waals surface area contributed by atoms with Gasteiger partial charge in [-0.05, 0) is 55.2 Å². The van der Waals surface area contributed by atoms with E-state index in [9.17, 15) is 15.2 Å².